The van der Waals surface area contributed by atoms with E-state index in [4.69, 9.17) is 4.98 Å². The third-order valence-corrected chi connectivity index (χ3v) is 8.11. The number of benzene rings is 2. The third-order valence-electron chi connectivity index (χ3n) is 8.11. The molecule has 1 fully saturated rings. The van der Waals surface area contributed by atoms with E-state index in [0.29, 0.717) is 36.6 Å². The molecule has 0 amide bonds. The highest BCUT2D eigenvalue weighted by molar-refractivity contribution is 5.80. The number of tetrazole rings is 1. The Morgan fingerprint density at radius 2 is 1.66 bits per heavy atom. The van der Waals surface area contributed by atoms with Crippen LogP contribution in [0, 0.1) is 5.92 Å². The van der Waals surface area contributed by atoms with Crippen molar-refractivity contribution in [1.82, 2.24) is 39.3 Å². The van der Waals surface area contributed by atoms with Gasteiger partial charge in [0.25, 0.3) is 5.56 Å². The van der Waals surface area contributed by atoms with Crippen molar-refractivity contribution < 1.29 is 0 Å². The van der Waals surface area contributed by atoms with Gasteiger partial charge in [0, 0.05) is 31.1 Å². The summed E-state index contributed by atoms with van der Waals surface area (Å²) in [7, 11) is 0. The first kappa shape index (κ1) is 26.9. The van der Waals surface area contributed by atoms with Gasteiger partial charge in [0.05, 0.1) is 0 Å². The molecule has 3 heterocycles. The number of aromatic amines is 1. The molecule has 2 aromatic carbocycles. The van der Waals surface area contributed by atoms with E-state index in [9.17, 15) is 9.59 Å². The van der Waals surface area contributed by atoms with Crippen LogP contribution in [0.5, 0.6) is 0 Å². The Morgan fingerprint density at radius 3 is 2.32 bits per heavy atom. The van der Waals surface area contributed by atoms with Crippen LogP contribution in [0.1, 0.15) is 70.2 Å². The van der Waals surface area contributed by atoms with Gasteiger partial charge in [-0.2, -0.15) is 0 Å². The summed E-state index contributed by atoms with van der Waals surface area (Å²) in [6.07, 6.45) is 5.63. The molecule has 6 rings (SSSR count). The first-order valence-corrected chi connectivity index (χ1v) is 14.6. The van der Waals surface area contributed by atoms with Gasteiger partial charge in [0.1, 0.15) is 5.82 Å². The lowest BCUT2D eigenvalue weighted by atomic mass is 9.88. The molecular formula is C31H36N8O2. The van der Waals surface area contributed by atoms with Crippen molar-refractivity contribution in [2.24, 2.45) is 5.92 Å². The predicted molar refractivity (Wildman–Crippen MR) is 159 cm³/mol. The molecule has 0 radical (unpaired) electrons. The number of imidazole rings is 1. The van der Waals surface area contributed by atoms with Crippen molar-refractivity contribution in [2.45, 2.75) is 78.4 Å². The monoisotopic (exact) mass is 552 g/mol. The molecule has 1 aliphatic carbocycles. The minimum Gasteiger partial charge on any atom is -0.317 e. The second kappa shape index (κ2) is 11.3. The summed E-state index contributed by atoms with van der Waals surface area (Å²) in [5, 5.41) is 14.4. The zero-order valence-corrected chi connectivity index (χ0v) is 23.9. The molecule has 5 aromatic rings. The standard InChI is InChI=1S/C31H36N8O2/c1-4-37-30(40)26-29(39(31(37)41)18-20(2)3)32-28(23-10-6-5-7-11-23)38(26)19-21-14-16-22(17-15-21)24-12-8-9-13-25(24)27-33-35-36-34-27/h8-9,12-17,20,23H,4-7,10-11,18-19H2,1-3H3,(H,33,34,35,36). The predicted octanol–water partition coefficient (Wildman–Crippen LogP) is 4.98. The molecule has 3 aromatic heterocycles. The van der Waals surface area contributed by atoms with Crippen LogP contribution in [0.15, 0.2) is 58.1 Å². The number of fused-ring (bicyclic) bond motifs is 1. The Balaban J connectivity index is 1.46. The molecule has 212 valence electrons. The van der Waals surface area contributed by atoms with Gasteiger partial charge >= 0.3 is 5.69 Å². The topological polar surface area (TPSA) is 116 Å². The molecule has 0 atom stereocenters. The molecule has 0 unspecified atom stereocenters. The first-order valence-electron chi connectivity index (χ1n) is 14.6. The van der Waals surface area contributed by atoms with Gasteiger partial charge in [-0.25, -0.2) is 14.9 Å². The van der Waals surface area contributed by atoms with Crippen LogP contribution in [-0.2, 0) is 19.6 Å². The van der Waals surface area contributed by atoms with Crippen LogP contribution in [-0.4, -0.2) is 39.3 Å². The van der Waals surface area contributed by atoms with Crippen LogP contribution in [0.3, 0.4) is 0 Å². The van der Waals surface area contributed by atoms with Gasteiger partial charge in [-0.3, -0.25) is 13.9 Å². The Morgan fingerprint density at radius 1 is 0.927 bits per heavy atom. The van der Waals surface area contributed by atoms with Gasteiger partial charge in [-0.1, -0.05) is 81.6 Å². The first-order chi connectivity index (χ1) is 20.0. The highest BCUT2D eigenvalue weighted by atomic mass is 16.2. The number of H-pyrrole nitrogens is 1. The molecule has 41 heavy (non-hydrogen) atoms. The molecule has 0 aliphatic heterocycles. The quantitative estimate of drug-likeness (QED) is 0.290. The Kier molecular flexibility index (Phi) is 7.38. The summed E-state index contributed by atoms with van der Waals surface area (Å²) in [6.45, 7) is 7.36. The normalized spacial score (nSPS) is 14.3. The van der Waals surface area contributed by atoms with E-state index in [1.54, 1.807) is 4.57 Å². The number of hydrogen-bond donors (Lipinski definition) is 1. The molecule has 1 aliphatic rings. The van der Waals surface area contributed by atoms with E-state index < -0.39 is 0 Å². The summed E-state index contributed by atoms with van der Waals surface area (Å²) in [5.74, 6) is 2.06. The molecule has 0 bridgehead atoms. The second-order valence-electron chi connectivity index (χ2n) is 11.4. The van der Waals surface area contributed by atoms with Gasteiger partial charge in [0.2, 0.25) is 0 Å². The number of aromatic nitrogens is 8. The van der Waals surface area contributed by atoms with Crippen molar-refractivity contribution in [1.29, 1.82) is 0 Å². The maximum Gasteiger partial charge on any atom is 0.332 e. The van der Waals surface area contributed by atoms with E-state index in [1.807, 2.05) is 25.1 Å². The molecular weight excluding hydrogens is 516 g/mol. The Bertz CT molecular complexity index is 1770. The number of rotatable bonds is 8. The zero-order valence-electron chi connectivity index (χ0n) is 23.9. The molecule has 10 heteroatoms. The molecule has 1 N–H and O–H groups in total. The van der Waals surface area contributed by atoms with Crippen molar-refractivity contribution in [3.05, 3.63) is 80.8 Å². The van der Waals surface area contributed by atoms with Crippen LogP contribution in [0.2, 0.25) is 0 Å². The lowest BCUT2D eigenvalue weighted by molar-refractivity contribution is 0.419. The summed E-state index contributed by atoms with van der Waals surface area (Å²) in [4.78, 5) is 32.2. The maximum atomic E-state index is 13.8. The number of hydrogen-bond acceptors (Lipinski definition) is 6. The van der Waals surface area contributed by atoms with Crippen LogP contribution < -0.4 is 11.2 Å². The highest BCUT2D eigenvalue weighted by Crippen LogP contribution is 2.34. The minimum absolute atomic E-state index is 0.241. The summed E-state index contributed by atoms with van der Waals surface area (Å²) < 4.78 is 5.16. The lowest BCUT2D eigenvalue weighted by Gasteiger charge is -2.22. The molecule has 1 saturated carbocycles. The largest absolute Gasteiger partial charge is 0.332 e. The summed E-state index contributed by atoms with van der Waals surface area (Å²) in [6, 6.07) is 16.4. The zero-order chi connectivity index (χ0) is 28.5. The van der Waals surface area contributed by atoms with Crippen molar-refractivity contribution in [2.75, 3.05) is 0 Å². The van der Waals surface area contributed by atoms with Gasteiger partial charge in [-0.15, -0.1) is 5.10 Å². The van der Waals surface area contributed by atoms with Gasteiger partial charge in [-0.05, 0) is 52.8 Å². The van der Waals surface area contributed by atoms with E-state index in [2.05, 4.69) is 69.4 Å². The highest BCUT2D eigenvalue weighted by Gasteiger charge is 2.27. The van der Waals surface area contributed by atoms with Crippen LogP contribution >= 0.6 is 0 Å². The fraction of sp³-hybridized carbons (Fsp3) is 0.419. The van der Waals surface area contributed by atoms with Crippen molar-refractivity contribution in [3.63, 3.8) is 0 Å². The fourth-order valence-electron chi connectivity index (χ4n) is 6.14. The Hall–Kier alpha value is -4.34. The van der Waals surface area contributed by atoms with Crippen LogP contribution in [0.25, 0.3) is 33.7 Å². The average Bonchev–Trinajstić information content (AvgIpc) is 3.66. The van der Waals surface area contributed by atoms with E-state index >= 15 is 0 Å². The van der Waals surface area contributed by atoms with Crippen molar-refractivity contribution >= 4 is 11.2 Å². The summed E-state index contributed by atoms with van der Waals surface area (Å²) >= 11 is 0. The number of nitrogens with one attached hydrogen (secondary N) is 1. The van der Waals surface area contributed by atoms with E-state index in [0.717, 1.165) is 53.8 Å². The van der Waals surface area contributed by atoms with Crippen molar-refractivity contribution in [3.8, 4) is 22.5 Å². The molecule has 0 spiro atoms. The average molecular weight is 553 g/mol. The SMILES string of the molecule is CCn1c(=O)c2c(nc(C3CCCCC3)n2Cc2ccc(-c3ccccc3-c3nnn[nH]3)cc2)n(CC(C)C)c1=O. The number of nitrogens with zero attached hydrogens (tertiary/aromatic N) is 7. The molecule has 10 nitrogen and oxygen atoms in total. The summed E-state index contributed by atoms with van der Waals surface area (Å²) in [5.41, 5.74) is 4.57. The maximum absolute atomic E-state index is 13.8. The minimum atomic E-state index is -0.275. The van der Waals surface area contributed by atoms with E-state index in [-0.39, 0.29) is 23.1 Å². The lowest BCUT2D eigenvalue weighted by Crippen LogP contribution is -2.40. The van der Waals surface area contributed by atoms with E-state index in [1.165, 1.54) is 11.0 Å². The van der Waals surface area contributed by atoms with Gasteiger partial charge in [0.15, 0.2) is 17.0 Å². The fourth-order valence-corrected chi connectivity index (χ4v) is 6.14. The molecule has 0 saturated heterocycles. The third kappa shape index (κ3) is 5.03. The van der Waals surface area contributed by atoms with Crippen LogP contribution in [0.4, 0.5) is 0 Å². The second-order valence-corrected chi connectivity index (χ2v) is 11.4. The Labute approximate surface area is 238 Å². The smallest absolute Gasteiger partial charge is 0.317 e. The van der Waals surface area contributed by atoms with Gasteiger partial charge < -0.3 is 4.57 Å².